The van der Waals surface area contributed by atoms with Gasteiger partial charge in [0.2, 0.25) is 5.16 Å². The van der Waals surface area contributed by atoms with E-state index in [1.54, 1.807) is 25.6 Å². The number of carbonyl (C=O) groups is 2. The fourth-order valence-corrected chi connectivity index (χ4v) is 2.68. The summed E-state index contributed by atoms with van der Waals surface area (Å²) in [5.74, 6) is 0.463. The summed E-state index contributed by atoms with van der Waals surface area (Å²) in [5, 5.41) is 19.9. The minimum absolute atomic E-state index is 0.191. The molecule has 114 valence electrons. The Morgan fingerprint density at radius 2 is 2.29 bits per heavy atom. The van der Waals surface area contributed by atoms with Crippen LogP contribution in [-0.4, -0.2) is 50.5 Å². The summed E-state index contributed by atoms with van der Waals surface area (Å²) >= 11 is 1.46. The first kappa shape index (κ1) is 15.3. The number of aromatic nitrogens is 4. The number of hydrogen-bond acceptors (Lipinski definition) is 6. The number of carbonyl (C=O) groups excluding carboxylic acids is 2. The molecule has 2 rings (SSSR count). The molecule has 3 amide bonds. The lowest BCUT2D eigenvalue weighted by Crippen LogP contribution is -2.50. The zero-order valence-corrected chi connectivity index (χ0v) is 12.8. The van der Waals surface area contributed by atoms with Crippen LogP contribution in [0.4, 0.5) is 4.79 Å². The van der Waals surface area contributed by atoms with E-state index in [0.29, 0.717) is 28.7 Å². The highest BCUT2D eigenvalue weighted by Crippen LogP contribution is 2.13. The Kier molecular flexibility index (Phi) is 4.78. The van der Waals surface area contributed by atoms with Gasteiger partial charge < -0.3 is 16.0 Å². The van der Waals surface area contributed by atoms with E-state index in [1.807, 2.05) is 0 Å². The number of aryl methyl sites for hydroxylation is 1. The third-order valence-corrected chi connectivity index (χ3v) is 3.94. The molecular formula is C11H17N7O2S. The van der Waals surface area contributed by atoms with Crippen LogP contribution in [0.1, 0.15) is 13.8 Å². The van der Waals surface area contributed by atoms with Crippen LogP contribution < -0.4 is 16.0 Å². The maximum Gasteiger partial charge on any atom is 0.319 e. The minimum atomic E-state index is -0.311. The fourth-order valence-electron chi connectivity index (χ4n) is 1.98. The van der Waals surface area contributed by atoms with Gasteiger partial charge >= 0.3 is 6.03 Å². The van der Waals surface area contributed by atoms with Gasteiger partial charge in [-0.3, -0.25) is 4.79 Å². The van der Waals surface area contributed by atoms with Gasteiger partial charge in [-0.05, 0) is 24.3 Å². The van der Waals surface area contributed by atoms with Gasteiger partial charge in [0.1, 0.15) is 0 Å². The van der Waals surface area contributed by atoms with E-state index in [1.165, 1.54) is 11.8 Å². The third kappa shape index (κ3) is 3.72. The average Bonchev–Trinajstić information content (AvgIpc) is 2.79. The zero-order chi connectivity index (χ0) is 15.4. The van der Waals surface area contributed by atoms with Crippen LogP contribution >= 0.6 is 11.8 Å². The number of thioether (sulfide) groups is 1. The lowest BCUT2D eigenvalue weighted by Gasteiger charge is -2.25. The molecule has 0 spiro atoms. The number of nitrogens with zero attached hydrogens (tertiary/aromatic N) is 4. The molecule has 1 aliphatic rings. The van der Waals surface area contributed by atoms with Gasteiger partial charge in [-0.1, -0.05) is 11.8 Å². The Morgan fingerprint density at radius 1 is 1.52 bits per heavy atom. The van der Waals surface area contributed by atoms with Crippen LogP contribution in [0.2, 0.25) is 0 Å². The summed E-state index contributed by atoms with van der Waals surface area (Å²) in [7, 11) is 1.76. The summed E-state index contributed by atoms with van der Waals surface area (Å²) in [6.45, 7) is 3.97. The van der Waals surface area contributed by atoms with Crippen LogP contribution in [0.15, 0.2) is 16.4 Å². The second-order valence-corrected chi connectivity index (χ2v) is 5.61. The summed E-state index contributed by atoms with van der Waals surface area (Å²) < 4.78 is 1.57. The standard InChI is InChI=1S/C11H17N7O2S/c1-6-8(7(2)14-10(20)13-6)9(19)12-4-5-21-11-15-16-17-18(11)3/h6H,4-5H2,1-3H3,(H,12,19)(H2,13,14,20). The molecule has 0 saturated heterocycles. The van der Waals surface area contributed by atoms with E-state index in [4.69, 9.17) is 0 Å². The van der Waals surface area contributed by atoms with E-state index in [-0.39, 0.29) is 18.0 Å². The van der Waals surface area contributed by atoms with Crippen molar-refractivity contribution in [2.24, 2.45) is 7.05 Å². The van der Waals surface area contributed by atoms with Crippen molar-refractivity contribution >= 4 is 23.7 Å². The first-order valence-corrected chi connectivity index (χ1v) is 7.39. The molecule has 1 aliphatic heterocycles. The monoisotopic (exact) mass is 311 g/mol. The molecule has 10 heteroatoms. The molecule has 21 heavy (non-hydrogen) atoms. The van der Waals surface area contributed by atoms with Crippen molar-refractivity contribution in [2.45, 2.75) is 25.0 Å². The third-order valence-electron chi connectivity index (χ3n) is 2.93. The van der Waals surface area contributed by atoms with Crippen LogP contribution in [0.3, 0.4) is 0 Å². The van der Waals surface area contributed by atoms with Gasteiger partial charge in [-0.25, -0.2) is 9.48 Å². The highest BCUT2D eigenvalue weighted by atomic mass is 32.2. The molecular weight excluding hydrogens is 294 g/mol. The molecule has 9 nitrogen and oxygen atoms in total. The molecule has 0 radical (unpaired) electrons. The Hall–Kier alpha value is -2.10. The topological polar surface area (TPSA) is 114 Å². The molecule has 0 aromatic carbocycles. The second-order valence-electron chi connectivity index (χ2n) is 4.55. The Balaban J connectivity index is 1.83. The first-order chi connectivity index (χ1) is 9.99. The number of rotatable bonds is 5. The number of allylic oxidation sites excluding steroid dienone is 1. The fraction of sp³-hybridized carbons (Fsp3) is 0.545. The minimum Gasteiger partial charge on any atom is -0.351 e. The van der Waals surface area contributed by atoms with Crippen LogP contribution in [-0.2, 0) is 11.8 Å². The number of amides is 3. The predicted molar refractivity (Wildman–Crippen MR) is 76.4 cm³/mol. The van der Waals surface area contributed by atoms with Gasteiger partial charge in [-0.2, -0.15) is 0 Å². The maximum absolute atomic E-state index is 12.1. The Bertz CT molecular complexity index is 583. The largest absolute Gasteiger partial charge is 0.351 e. The summed E-state index contributed by atoms with van der Waals surface area (Å²) in [6, 6.07) is -0.601. The molecule has 0 bridgehead atoms. The Morgan fingerprint density at radius 3 is 2.90 bits per heavy atom. The lowest BCUT2D eigenvalue weighted by atomic mass is 10.0. The van der Waals surface area contributed by atoms with Crippen LogP contribution in [0.25, 0.3) is 0 Å². The van der Waals surface area contributed by atoms with Gasteiger partial charge in [-0.15, -0.1) is 5.10 Å². The van der Waals surface area contributed by atoms with Gasteiger partial charge in [0.05, 0.1) is 11.6 Å². The molecule has 0 fully saturated rings. The molecule has 1 atom stereocenters. The number of nitrogens with one attached hydrogen (secondary N) is 3. The van der Waals surface area contributed by atoms with Crippen molar-refractivity contribution in [2.75, 3.05) is 12.3 Å². The number of hydrogen-bond donors (Lipinski definition) is 3. The van der Waals surface area contributed by atoms with Gasteiger partial charge in [0.15, 0.2) is 0 Å². The lowest BCUT2D eigenvalue weighted by molar-refractivity contribution is -0.117. The number of tetrazole rings is 1. The average molecular weight is 311 g/mol. The van der Waals surface area contributed by atoms with Crippen molar-refractivity contribution < 1.29 is 9.59 Å². The van der Waals surface area contributed by atoms with E-state index in [0.717, 1.165) is 0 Å². The maximum atomic E-state index is 12.1. The molecule has 0 aliphatic carbocycles. The predicted octanol–water partition coefficient (Wildman–Crippen LogP) is -0.606. The molecule has 0 saturated carbocycles. The second kappa shape index (κ2) is 6.57. The highest BCUT2D eigenvalue weighted by molar-refractivity contribution is 7.99. The molecule has 1 unspecified atom stereocenters. The van der Waals surface area contributed by atoms with E-state index >= 15 is 0 Å². The first-order valence-electron chi connectivity index (χ1n) is 6.40. The molecule has 3 N–H and O–H groups in total. The highest BCUT2D eigenvalue weighted by Gasteiger charge is 2.26. The SMILES string of the molecule is CC1=C(C(=O)NCCSc2nnnn2C)C(C)NC(=O)N1. The smallest absolute Gasteiger partial charge is 0.319 e. The van der Waals surface area contributed by atoms with Crippen molar-refractivity contribution in [3.05, 3.63) is 11.3 Å². The molecule has 2 heterocycles. The van der Waals surface area contributed by atoms with Gasteiger partial charge in [0.25, 0.3) is 5.91 Å². The molecule has 1 aromatic rings. The van der Waals surface area contributed by atoms with E-state index in [2.05, 4.69) is 31.5 Å². The Labute approximate surface area is 125 Å². The summed E-state index contributed by atoms with van der Waals surface area (Å²) in [5.41, 5.74) is 1.12. The van der Waals surface area contributed by atoms with Crippen LogP contribution in [0.5, 0.6) is 0 Å². The number of urea groups is 1. The van der Waals surface area contributed by atoms with Crippen molar-refractivity contribution in [3.63, 3.8) is 0 Å². The normalized spacial score (nSPS) is 18.2. The van der Waals surface area contributed by atoms with Gasteiger partial charge in [0, 0.05) is 25.0 Å². The molecule has 1 aromatic heterocycles. The van der Waals surface area contributed by atoms with E-state index in [9.17, 15) is 9.59 Å². The summed E-state index contributed by atoms with van der Waals surface area (Å²) in [4.78, 5) is 23.4. The zero-order valence-electron chi connectivity index (χ0n) is 12.0. The van der Waals surface area contributed by atoms with Crippen LogP contribution in [0, 0.1) is 0 Å². The van der Waals surface area contributed by atoms with E-state index < -0.39 is 0 Å². The van der Waals surface area contributed by atoms with Crippen molar-refractivity contribution in [3.8, 4) is 0 Å². The van der Waals surface area contributed by atoms with Crippen molar-refractivity contribution in [1.29, 1.82) is 0 Å². The van der Waals surface area contributed by atoms with Crippen molar-refractivity contribution in [1.82, 2.24) is 36.2 Å². The summed E-state index contributed by atoms with van der Waals surface area (Å²) in [6.07, 6.45) is 0. The quantitative estimate of drug-likeness (QED) is 0.494.